The van der Waals surface area contributed by atoms with Gasteiger partial charge >= 0.3 is 0 Å². The Morgan fingerprint density at radius 2 is 0.868 bits per heavy atom. The Morgan fingerprint density at radius 1 is 0.526 bits per heavy atom. The monoisotopic (exact) mass is 496 g/mol. The zero-order chi connectivity index (χ0) is 26.7. The van der Waals surface area contributed by atoms with Crippen molar-refractivity contribution in [2.24, 2.45) is 0 Å². The highest BCUT2D eigenvalue weighted by atomic mass is 14.1. The third kappa shape index (κ3) is 6.91. The van der Waals surface area contributed by atoms with E-state index in [0.717, 1.165) is 25.7 Å². The van der Waals surface area contributed by atoms with E-state index in [2.05, 4.69) is 149 Å². The first-order valence-electron chi connectivity index (χ1n) is 14.1. The Kier molecular flexibility index (Phi) is 9.74. The molecule has 0 unspecified atom stereocenters. The molecule has 0 amide bonds. The van der Waals surface area contributed by atoms with Crippen molar-refractivity contribution in [3.8, 4) is 0 Å². The van der Waals surface area contributed by atoms with Gasteiger partial charge in [-0.05, 0) is 94.0 Å². The van der Waals surface area contributed by atoms with Crippen molar-refractivity contribution in [3.63, 3.8) is 0 Å². The summed E-state index contributed by atoms with van der Waals surface area (Å²) in [4.78, 5) is 0. The first kappa shape index (κ1) is 27.2. The van der Waals surface area contributed by atoms with Crippen LogP contribution in [0.15, 0.2) is 121 Å². The van der Waals surface area contributed by atoms with Crippen LogP contribution >= 0.6 is 0 Å². The van der Waals surface area contributed by atoms with Crippen LogP contribution in [-0.2, 0) is 25.7 Å². The topological polar surface area (TPSA) is 0 Å². The summed E-state index contributed by atoms with van der Waals surface area (Å²) in [5.41, 5.74) is 15.2. The van der Waals surface area contributed by atoms with Crippen molar-refractivity contribution in [3.05, 3.63) is 166 Å². The Balaban J connectivity index is 1.72. The molecule has 192 valence electrons. The average Bonchev–Trinajstić information content (AvgIpc) is 2.99. The standard InChI is InChI=1S/C38H40/c1-5-29-13-21-33(22-14-29)37(34-23-15-30(6-2)16-24-34)11-9-10-12-38(35-25-17-31(7-3)18-26-35)36-27-19-32(8-4)20-28-36/h9,11-28,38H,5-8H2,1-4H3. The fourth-order valence-corrected chi connectivity index (χ4v) is 4.79. The summed E-state index contributed by atoms with van der Waals surface area (Å²) in [6.45, 7) is 8.80. The largest absolute Gasteiger partial charge is 0.124 e. The normalized spacial score (nSPS) is 10.7. The lowest BCUT2D eigenvalue weighted by atomic mass is 9.89. The van der Waals surface area contributed by atoms with E-state index in [9.17, 15) is 0 Å². The smallest absolute Gasteiger partial charge is 0.0344 e. The van der Waals surface area contributed by atoms with Crippen LogP contribution in [0.1, 0.15) is 78.1 Å². The molecule has 0 bridgehead atoms. The highest BCUT2D eigenvalue weighted by Gasteiger charge is 2.11. The van der Waals surface area contributed by atoms with Crippen LogP contribution in [0.5, 0.6) is 0 Å². The van der Waals surface area contributed by atoms with Crippen molar-refractivity contribution in [2.75, 3.05) is 0 Å². The van der Waals surface area contributed by atoms with Gasteiger partial charge in [-0.1, -0.05) is 125 Å². The van der Waals surface area contributed by atoms with E-state index in [1.165, 1.54) is 50.1 Å². The molecule has 0 fully saturated rings. The summed E-state index contributed by atoms with van der Waals surface area (Å²) in [5.74, 6) is 0.160. The molecule has 0 radical (unpaired) electrons. The van der Waals surface area contributed by atoms with Crippen LogP contribution in [-0.4, -0.2) is 0 Å². The van der Waals surface area contributed by atoms with Crippen LogP contribution in [0.2, 0.25) is 0 Å². The maximum Gasteiger partial charge on any atom is 0.0344 e. The molecule has 0 saturated heterocycles. The second-order valence-corrected chi connectivity index (χ2v) is 9.85. The molecule has 0 spiro atoms. The second-order valence-electron chi connectivity index (χ2n) is 9.85. The van der Waals surface area contributed by atoms with Gasteiger partial charge in [-0.25, -0.2) is 0 Å². The van der Waals surface area contributed by atoms with Gasteiger partial charge < -0.3 is 0 Å². The molecule has 38 heavy (non-hydrogen) atoms. The van der Waals surface area contributed by atoms with Crippen molar-refractivity contribution >= 4 is 5.57 Å². The lowest BCUT2D eigenvalue weighted by Gasteiger charge is -2.14. The minimum Gasteiger partial charge on any atom is -0.124 e. The predicted molar refractivity (Wildman–Crippen MR) is 165 cm³/mol. The molecule has 0 saturated carbocycles. The Bertz CT molecular complexity index is 1280. The van der Waals surface area contributed by atoms with Gasteiger partial charge in [0.1, 0.15) is 0 Å². The van der Waals surface area contributed by atoms with Crippen LogP contribution in [0, 0.1) is 0 Å². The van der Waals surface area contributed by atoms with Gasteiger partial charge in [-0.15, -0.1) is 5.73 Å². The Morgan fingerprint density at radius 3 is 1.21 bits per heavy atom. The van der Waals surface area contributed by atoms with Gasteiger partial charge in [0.2, 0.25) is 0 Å². The summed E-state index contributed by atoms with van der Waals surface area (Å²) < 4.78 is 0. The summed E-state index contributed by atoms with van der Waals surface area (Å²) in [5, 5.41) is 0. The predicted octanol–water partition coefficient (Wildman–Crippen LogP) is 9.91. The molecule has 4 aromatic carbocycles. The van der Waals surface area contributed by atoms with Crippen molar-refractivity contribution in [1.29, 1.82) is 0 Å². The van der Waals surface area contributed by atoms with Crippen LogP contribution in [0.4, 0.5) is 0 Å². The number of aryl methyl sites for hydroxylation is 4. The Hall–Kier alpha value is -3.86. The zero-order valence-corrected chi connectivity index (χ0v) is 23.4. The van der Waals surface area contributed by atoms with Crippen LogP contribution in [0.25, 0.3) is 5.57 Å². The molecule has 4 aromatic rings. The van der Waals surface area contributed by atoms with Crippen molar-refractivity contribution in [1.82, 2.24) is 0 Å². The number of benzene rings is 4. The summed E-state index contributed by atoms with van der Waals surface area (Å²) in [6.07, 6.45) is 10.7. The number of hydrogen-bond donors (Lipinski definition) is 0. The SMILES string of the molecule is CCc1ccc(C(=CC=C=CC(c2ccc(CC)cc2)c2ccc(CC)cc2)c2ccc(CC)cc2)cc1. The lowest BCUT2D eigenvalue weighted by molar-refractivity contribution is 1.01. The van der Waals surface area contributed by atoms with Crippen molar-refractivity contribution in [2.45, 2.75) is 59.3 Å². The third-order valence-corrected chi connectivity index (χ3v) is 7.45. The van der Waals surface area contributed by atoms with Gasteiger partial charge in [0.05, 0.1) is 0 Å². The number of allylic oxidation sites excluding steroid dienone is 2. The summed E-state index contributed by atoms with van der Waals surface area (Å²) >= 11 is 0. The van der Waals surface area contributed by atoms with E-state index in [-0.39, 0.29) is 5.92 Å². The van der Waals surface area contributed by atoms with Gasteiger partial charge in [0.15, 0.2) is 0 Å². The first-order chi connectivity index (χ1) is 18.6. The number of rotatable bonds is 10. The molecule has 0 N–H and O–H groups in total. The van der Waals surface area contributed by atoms with Crippen molar-refractivity contribution < 1.29 is 0 Å². The van der Waals surface area contributed by atoms with Crippen LogP contribution in [0.3, 0.4) is 0 Å². The van der Waals surface area contributed by atoms with E-state index >= 15 is 0 Å². The highest BCUT2D eigenvalue weighted by molar-refractivity contribution is 5.81. The fraction of sp³-hybridized carbons (Fsp3) is 0.237. The molecule has 0 aromatic heterocycles. The molecule has 0 heteroatoms. The van der Waals surface area contributed by atoms with E-state index in [1.54, 1.807) is 0 Å². The first-order valence-corrected chi connectivity index (χ1v) is 14.1. The molecule has 0 aliphatic heterocycles. The van der Waals surface area contributed by atoms with E-state index < -0.39 is 0 Å². The van der Waals surface area contributed by atoms with Gasteiger partial charge in [0.25, 0.3) is 0 Å². The lowest BCUT2D eigenvalue weighted by Crippen LogP contribution is -1.98. The Labute approximate surface area is 230 Å². The molecule has 0 heterocycles. The third-order valence-electron chi connectivity index (χ3n) is 7.45. The average molecular weight is 497 g/mol. The van der Waals surface area contributed by atoms with Gasteiger partial charge in [-0.2, -0.15) is 0 Å². The quantitative estimate of drug-likeness (QED) is 0.151. The molecule has 0 nitrogen and oxygen atoms in total. The fourth-order valence-electron chi connectivity index (χ4n) is 4.79. The molecule has 4 rings (SSSR count). The maximum absolute atomic E-state index is 3.53. The van der Waals surface area contributed by atoms with E-state index in [4.69, 9.17) is 0 Å². The minimum absolute atomic E-state index is 0.160. The highest BCUT2D eigenvalue weighted by Crippen LogP contribution is 2.28. The zero-order valence-electron chi connectivity index (χ0n) is 23.4. The molecular formula is C38H40. The summed E-state index contributed by atoms with van der Waals surface area (Å²) in [7, 11) is 0. The number of hydrogen-bond acceptors (Lipinski definition) is 0. The second kappa shape index (κ2) is 13.6. The van der Waals surface area contributed by atoms with E-state index in [0.29, 0.717) is 0 Å². The minimum atomic E-state index is 0.160. The van der Waals surface area contributed by atoms with Gasteiger partial charge in [0, 0.05) is 5.92 Å². The van der Waals surface area contributed by atoms with Gasteiger partial charge in [-0.3, -0.25) is 0 Å². The van der Waals surface area contributed by atoms with E-state index in [1.807, 2.05) is 0 Å². The van der Waals surface area contributed by atoms with Crippen LogP contribution < -0.4 is 0 Å². The molecule has 0 aliphatic rings. The molecule has 0 atom stereocenters. The molecule has 0 aliphatic carbocycles. The maximum atomic E-state index is 3.53. The molecular weight excluding hydrogens is 456 g/mol. The summed E-state index contributed by atoms with van der Waals surface area (Å²) in [6, 6.07) is 36.0.